The van der Waals surface area contributed by atoms with Gasteiger partial charge in [0.15, 0.2) is 0 Å². The molecule has 0 spiro atoms. The maximum absolute atomic E-state index is 6.39. The first-order chi connectivity index (χ1) is 9.06. The molecule has 0 amide bonds. The van der Waals surface area contributed by atoms with Crippen molar-refractivity contribution >= 4 is 34.5 Å². The van der Waals surface area contributed by atoms with Crippen molar-refractivity contribution in [1.29, 1.82) is 0 Å². The Bertz CT molecular complexity index is 562. The van der Waals surface area contributed by atoms with Crippen molar-refractivity contribution in [2.24, 2.45) is 7.05 Å². The minimum absolute atomic E-state index is 0.204. The first-order valence-corrected chi connectivity index (χ1v) is 7.76. The molecule has 0 aliphatic heterocycles. The molecule has 0 aliphatic carbocycles. The van der Waals surface area contributed by atoms with Gasteiger partial charge in [-0.15, -0.1) is 11.3 Å². The van der Waals surface area contributed by atoms with E-state index in [0.29, 0.717) is 0 Å². The van der Waals surface area contributed by atoms with E-state index < -0.39 is 0 Å². The van der Waals surface area contributed by atoms with Crippen LogP contribution in [0.2, 0.25) is 9.36 Å². The summed E-state index contributed by atoms with van der Waals surface area (Å²) in [6.45, 7) is 2.06. The first kappa shape index (κ1) is 14.9. The quantitative estimate of drug-likeness (QED) is 0.907. The number of likely N-dealkylation sites (N-methyl/N-ethyl adjacent to an activating group) is 1. The monoisotopic (exact) mass is 317 g/mol. The van der Waals surface area contributed by atoms with Gasteiger partial charge in [0.1, 0.15) is 0 Å². The van der Waals surface area contributed by atoms with Crippen LogP contribution < -0.4 is 5.32 Å². The van der Waals surface area contributed by atoms with E-state index >= 15 is 0 Å². The number of nitrogens with one attached hydrogen (secondary N) is 1. The van der Waals surface area contributed by atoms with Crippen LogP contribution in [-0.2, 0) is 19.9 Å². The van der Waals surface area contributed by atoms with Gasteiger partial charge in [-0.2, -0.15) is 5.10 Å². The third-order valence-corrected chi connectivity index (χ3v) is 4.97. The summed E-state index contributed by atoms with van der Waals surface area (Å²) in [6.07, 6.45) is 1.65. The van der Waals surface area contributed by atoms with Crippen molar-refractivity contribution < 1.29 is 0 Å². The highest BCUT2D eigenvalue weighted by Crippen LogP contribution is 2.31. The number of hydrogen-bond donors (Lipinski definition) is 1. The Balaban J connectivity index is 2.26. The van der Waals surface area contributed by atoms with Gasteiger partial charge in [0.05, 0.1) is 20.7 Å². The van der Waals surface area contributed by atoms with E-state index in [0.717, 1.165) is 33.6 Å². The van der Waals surface area contributed by atoms with E-state index in [1.54, 1.807) is 11.3 Å². The summed E-state index contributed by atoms with van der Waals surface area (Å²) in [5.74, 6) is 0. The summed E-state index contributed by atoms with van der Waals surface area (Å²) in [6, 6.07) is 4.18. The Morgan fingerprint density at radius 3 is 2.63 bits per heavy atom. The van der Waals surface area contributed by atoms with Crippen LogP contribution in [0.1, 0.15) is 29.2 Å². The molecule has 0 saturated carbocycles. The van der Waals surface area contributed by atoms with Gasteiger partial charge in [0, 0.05) is 24.4 Å². The average molecular weight is 318 g/mol. The molecular formula is C13H17Cl2N3S. The van der Waals surface area contributed by atoms with Crippen molar-refractivity contribution in [2.45, 2.75) is 25.8 Å². The lowest BCUT2D eigenvalue weighted by Gasteiger charge is -2.14. The van der Waals surface area contributed by atoms with Gasteiger partial charge in [-0.25, -0.2) is 0 Å². The Kier molecular flexibility index (Phi) is 4.90. The summed E-state index contributed by atoms with van der Waals surface area (Å²) in [7, 11) is 3.89. The van der Waals surface area contributed by atoms with Crippen LogP contribution in [0.25, 0.3) is 0 Å². The molecule has 2 aromatic rings. The average Bonchev–Trinajstić information content (AvgIpc) is 2.92. The Morgan fingerprint density at radius 1 is 1.42 bits per heavy atom. The molecule has 2 heterocycles. The second-order valence-electron chi connectivity index (χ2n) is 4.37. The second-order valence-corrected chi connectivity index (χ2v) is 6.50. The second kappa shape index (κ2) is 6.27. The molecule has 0 radical (unpaired) electrons. The largest absolute Gasteiger partial charge is 0.312 e. The van der Waals surface area contributed by atoms with Gasteiger partial charge in [0.2, 0.25) is 0 Å². The fourth-order valence-corrected chi connectivity index (χ4v) is 3.64. The van der Waals surface area contributed by atoms with E-state index in [-0.39, 0.29) is 6.04 Å². The van der Waals surface area contributed by atoms with Crippen molar-refractivity contribution in [3.63, 3.8) is 0 Å². The molecule has 104 valence electrons. The number of thiophene rings is 1. The smallest absolute Gasteiger partial charge is 0.0931 e. The normalized spacial score (nSPS) is 12.9. The lowest BCUT2D eigenvalue weighted by atomic mass is 10.1. The Morgan fingerprint density at radius 2 is 2.16 bits per heavy atom. The SMILES string of the molecule is CCc1nn(C)c(CC(NC)c2ccc(Cl)s2)c1Cl. The van der Waals surface area contributed by atoms with E-state index in [2.05, 4.69) is 23.4 Å². The lowest BCUT2D eigenvalue weighted by Crippen LogP contribution is -2.19. The van der Waals surface area contributed by atoms with Gasteiger partial charge in [-0.05, 0) is 25.6 Å². The number of hydrogen-bond acceptors (Lipinski definition) is 3. The summed E-state index contributed by atoms with van der Waals surface area (Å²) >= 11 is 14.0. The van der Waals surface area contributed by atoms with Gasteiger partial charge >= 0.3 is 0 Å². The van der Waals surface area contributed by atoms with Crippen LogP contribution in [0, 0.1) is 0 Å². The summed E-state index contributed by atoms with van der Waals surface area (Å²) < 4.78 is 2.68. The van der Waals surface area contributed by atoms with Crippen LogP contribution in [-0.4, -0.2) is 16.8 Å². The standard InChI is InChI=1S/C13H17Cl2N3S/c1-4-8-13(15)10(18(3)17-8)7-9(16-2)11-5-6-12(14)19-11/h5-6,9,16H,4,7H2,1-3H3. The van der Waals surface area contributed by atoms with Crippen molar-refractivity contribution in [2.75, 3.05) is 7.05 Å². The van der Waals surface area contributed by atoms with Crippen molar-refractivity contribution in [3.05, 3.63) is 37.8 Å². The molecule has 3 nitrogen and oxygen atoms in total. The number of halogens is 2. The zero-order valence-electron chi connectivity index (χ0n) is 11.2. The number of nitrogens with zero attached hydrogens (tertiary/aromatic N) is 2. The molecule has 6 heteroatoms. The zero-order valence-corrected chi connectivity index (χ0v) is 13.5. The molecule has 2 rings (SSSR count). The fourth-order valence-electron chi connectivity index (χ4n) is 2.10. The van der Waals surface area contributed by atoms with E-state index in [4.69, 9.17) is 23.2 Å². The van der Waals surface area contributed by atoms with Crippen molar-refractivity contribution in [3.8, 4) is 0 Å². The molecular weight excluding hydrogens is 301 g/mol. The number of rotatable bonds is 5. The summed E-state index contributed by atoms with van der Waals surface area (Å²) in [5.41, 5.74) is 2.01. The highest BCUT2D eigenvalue weighted by atomic mass is 35.5. The molecule has 1 N–H and O–H groups in total. The van der Waals surface area contributed by atoms with Gasteiger partial charge in [-0.3, -0.25) is 4.68 Å². The molecule has 0 aromatic carbocycles. The maximum Gasteiger partial charge on any atom is 0.0931 e. The third kappa shape index (κ3) is 3.14. The van der Waals surface area contributed by atoms with Crippen LogP contribution in [0.4, 0.5) is 0 Å². The Labute approximate surface area is 127 Å². The molecule has 19 heavy (non-hydrogen) atoms. The number of aromatic nitrogens is 2. The first-order valence-electron chi connectivity index (χ1n) is 6.19. The van der Waals surface area contributed by atoms with Crippen molar-refractivity contribution in [1.82, 2.24) is 15.1 Å². The molecule has 0 bridgehead atoms. The predicted molar refractivity (Wildman–Crippen MR) is 82.4 cm³/mol. The highest BCUT2D eigenvalue weighted by molar-refractivity contribution is 7.16. The van der Waals surface area contributed by atoms with Gasteiger partial charge < -0.3 is 5.32 Å². The molecule has 0 saturated heterocycles. The molecule has 0 fully saturated rings. The van der Waals surface area contributed by atoms with Crippen LogP contribution >= 0.6 is 34.5 Å². The summed E-state index contributed by atoms with van der Waals surface area (Å²) in [4.78, 5) is 1.21. The maximum atomic E-state index is 6.39. The van der Waals surface area contributed by atoms with Gasteiger partial charge in [-0.1, -0.05) is 30.1 Å². The van der Waals surface area contributed by atoms with E-state index in [1.165, 1.54) is 4.88 Å². The molecule has 1 atom stereocenters. The predicted octanol–water partition coefficient (Wildman–Crippen LogP) is 3.85. The highest BCUT2D eigenvalue weighted by Gasteiger charge is 2.19. The van der Waals surface area contributed by atoms with Crippen LogP contribution in [0.15, 0.2) is 12.1 Å². The lowest BCUT2D eigenvalue weighted by molar-refractivity contribution is 0.569. The Hall–Kier alpha value is -0.550. The zero-order chi connectivity index (χ0) is 14.0. The molecule has 2 aromatic heterocycles. The van der Waals surface area contributed by atoms with E-state index in [9.17, 15) is 0 Å². The summed E-state index contributed by atoms with van der Waals surface area (Å²) in [5, 5.41) is 8.55. The van der Waals surface area contributed by atoms with E-state index in [1.807, 2.05) is 24.8 Å². The minimum atomic E-state index is 0.204. The van der Waals surface area contributed by atoms with Crippen LogP contribution in [0.5, 0.6) is 0 Å². The fraction of sp³-hybridized carbons (Fsp3) is 0.462. The molecule has 0 aliphatic rings. The van der Waals surface area contributed by atoms with Crippen LogP contribution in [0.3, 0.4) is 0 Å². The topological polar surface area (TPSA) is 29.9 Å². The molecule has 1 unspecified atom stereocenters. The number of aryl methyl sites for hydroxylation is 2. The minimum Gasteiger partial charge on any atom is -0.312 e. The van der Waals surface area contributed by atoms with Gasteiger partial charge in [0.25, 0.3) is 0 Å². The third-order valence-electron chi connectivity index (χ3n) is 3.19.